The molecule has 106 valence electrons. The lowest BCUT2D eigenvalue weighted by Crippen LogP contribution is -2.17. The molecule has 20 heavy (non-hydrogen) atoms. The van der Waals surface area contributed by atoms with Gasteiger partial charge in [0.2, 0.25) is 5.91 Å². The van der Waals surface area contributed by atoms with Gasteiger partial charge in [-0.15, -0.1) is 0 Å². The average Bonchev–Trinajstić information content (AvgIpc) is 2.98. The molecule has 0 aromatic heterocycles. The molecule has 0 unspecified atom stereocenters. The number of benzene rings is 1. The van der Waals surface area contributed by atoms with E-state index < -0.39 is 5.97 Å². The Labute approximate surface area is 125 Å². The van der Waals surface area contributed by atoms with E-state index in [-0.39, 0.29) is 11.7 Å². The Hall–Kier alpha value is -1.47. The number of esters is 1. The minimum atomic E-state index is -0.468. The molecule has 1 aromatic carbocycles. The second kappa shape index (κ2) is 7.35. The number of hydrogen-bond donors (Lipinski definition) is 1. The number of nitrogens with zero attached hydrogens (tertiary/aromatic N) is 1. The maximum Gasteiger partial charge on any atom is 0.339 e. The third-order valence-corrected chi connectivity index (χ3v) is 4.74. The van der Waals surface area contributed by atoms with Gasteiger partial charge in [0.1, 0.15) is 4.38 Å². The number of ether oxygens (including phenoxy) is 1. The predicted molar refractivity (Wildman–Crippen MR) is 83.6 cm³/mol. The molecule has 0 saturated heterocycles. The maximum atomic E-state index is 11.9. The van der Waals surface area contributed by atoms with E-state index in [9.17, 15) is 9.59 Å². The van der Waals surface area contributed by atoms with E-state index in [0.717, 1.165) is 16.7 Å². The van der Waals surface area contributed by atoms with E-state index in [1.807, 2.05) is 0 Å². The van der Waals surface area contributed by atoms with Gasteiger partial charge in [-0.2, -0.15) is 0 Å². The van der Waals surface area contributed by atoms with Crippen LogP contribution in [0.15, 0.2) is 29.3 Å². The van der Waals surface area contributed by atoms with Gasteiger partial charge in [-0.3, -0.25) is 9.79 Å². The van der Waals surface area contributed by atoms with Crippen LogP contribution in [0.5, 0.6) is 0 Å². The highest BCUT2D eigenvalue weighted by Gasteiger charge is 2.14. The van der Waals surface area contributed by atoms with Crippen molar-refractivity contribution in [2.24, 2.45) is 4.99 Å². The zero-order valence-electron chi connectivity index (χ0n) is 10.9. The summed E-state index contributed by atoms with van der Waals surface area (Å²) in [6.07, 6.45) is 0. The molecule has 1 aliphatic heterocycles. The van der Waals surface area contributed by atoms with E-state index in [1.54, 1.807) is 36.0 Å². The Kier molecular flexibility index (Phi) is 5.49. The van der Waals surface area contributed by atoms with Crippen molar-refractivity contribution in [2.45, 2.75) is 0 Å². The monoisotopic (exact) mass is 310 g/mol. The molecule has 1 heterocycles. The van der Waals surface area contributed by atoms with E-state index in [0.29, 0.717) is 11.3 Å². The lowest BCUT2D eigenvalue weighted by Gasteiger charge is -2.09. The van der Waals surface area contributed by atoms with Gasteiger partial charge >= 0.3 is 5.97 Å². The summed E-state index contributed by atoms with van der Waals surface area (Å²) in [5.41, 5.74) is 0.812. The molecule has 0 bridgehead atoms. The Morgan fingerprint density at radius 2 is 2.25 bits per heavy atom. The molecule has 1 amide bonds. The van der Waals surface area contributed by atoms with Crippen LogP contribution in [-0.2, 0) is 9.53 Å². The molecule has 1 aliphatic rings. The number of carbonyl (C=O) groups is 2. The number of nitrogens with one attached hydrogen (secondary N) is 1. The van der Waals surface area contributed by atoms with Crippen molar-refractivity contribution >= 4 is 45.5 Å². The topological polar surface area (TPSA) is 67.8 Å². The average molecular weight is 310 g/mol. The number of para-hydroxylation sites is 1. The summed E-state index contributed by atoms with van der Waals surface area (Å²) in [5, 5.41) is 2.72. The quantitative estimate of drug-likeness (QED) is 0.864. The molecule has 0 radical (unpaired) electrons. The summed E-state index contributed by atoms with van der Waals surface area (Å²) in [5.74, 6) is 0.627. The molecule has 0 aliphatic carbocycles. The zero-order chi connectivity index (χ0) is 14.4. The lowest BCUT2D eigenvalue weighted by molar-refractivity contribution is -0.113. The fourth-order valence-electron chi connectivity index (χ4n) is 1.60. The molecule has 7 heteroatoms. The lowest BCUT2D eigenvalue weighted by atomic mass is 10.2. The molecule has 5 nitrogen and oxygen atoms in total. The van der Waals surface area contributed by atoms with E-state index >= 15 is 0 Å². The van der Waals surface area contributed by atoms with Gasteiger partial charge in [0.15, 0.2) is 0 Å². The van der Waals surface area contributed by atoms with Crippen LogP contribution in [-0.4, -0.2) is 41.4 Å². The fraction of sp³-hybridized carbons (Fsp3) is 0.308. The zero-order valence-corrected chi connectivity index (χ0v) is 12.6. The predicted octanol–water partition coefficient (Wildman–Crippen LogP) is 2.25. The van der Waals surface area contributed by atoms with Crippen LogP contribution in [0.1, 0.15) is 10.4 Å². The van der Waals surface area contributed by atoms with Gasteiger partial charge in [-0.05, 0) is 12.1 Å². The van der Waals surface area contributed by atoms with Crippen LogP contribution in [0.4, 0.5) is 5.69 Å². The second-order valence-corrected chi connectivity index (χ2v) is 6.18. The first-order valence-electron chi connectivity index (χ1n) is 5.98. The number of hydrogen-bond acceptors (Lipinski definition) is 6. The highest BCUT2D eigenvalue weighted by Crippen LogP contribution is 2.22. The summed E-state index contributed by atoms with van der Waals surface area (Å²) >= 11 is 3.08. The summed E-state index contributed by atoms with van der Waals surface area (Å²) in [6, 6.07) is 6.77. The van der Waals surface area contributed by atoms with E-state index in [2.05, 4.69) is 15.0 Å². The van der Waals surface area contributed by atoms with Crippen molar-refractivity contribution < 1.29 is 14.3 Å². The van der Waals surface area contributed by atoms with Crippen molar-refractivity contribution in [1.82, 2.24) is 0 Å². The van der Waals surface area contributed by atoms with Gasteiger partial charge in [0.05, 0.1) is 30.7 Å². The highest BCUT2D eigenvalue weighted by atomic mass is 32.2. The summed E-state index contributed by atoms with van der Waals surface area (Å²) in [6.45, 7) is 0.819. The fourth-order valence-corrected chi connectivity index (χ4v) is 3.41. The number of amides is 1. The Morgan fingerprint density at radius 3 is 2.95 bits per heavy atom. The van der Waals surface area contributed by atoms with Crippen LogP contribution < -0.4 is 5.32 Å². The van der Waals surface area contributed by atoms with Crippen LogP contribution in [0, 0.1) is 0 Å². The van der Waals surface area contributed by atoms with Gasteiger partial charge in [0.25, 0.3) is 0 Å². The first kappa shape index (κ1) is 14.9. The third kappa shape index (κ3) is 4.01. The molecular weight excluding hydrogens is 296 g/mol. The van der Waals surface area contributed by atoms with Gasteiger partial charge in [-0.25, -0.2) is 4.79 Å². The molecule has 0 atom stereocenters. The molecule has 1 aromatic rings. The number of aliphatic imine (C=N–C) groups is 1. The normalized spacial score (nSPS) is 13.8. The van der Waals surface area contributed by atoms with Crippen molar-refractivity contribution in [3.05, 3.63) is 29.8 Å². The van der Waals surface area contributed by atoms with E-state index in [4.69, 9.17) is 0 Å². The summed E-state index contributed by atoms with van der Waals surface area (Å²) in [7, 11) is 1.31. The summed E-state index contributed by atoms with van der Waals surface area (Å²) in [4.78, 5) is 27.7. The van der Waals surface area contributed by atoms with Crippen LogP contribution in [0.3, 0.4) is 0 Å². The van der Waals surface area contributed by atoms with E-state index in [1.165, 1.54) is 18.9 Å². The number of rotatable bonds is 4. The number of methoxy groups -OCH3 is 1. The van der Waals surface area contributed by atoms with Crippen LogP contribution in [0.25, 0.3) is 0 Å². The second-order valence-electron chi connectivity index (χ2n) is 3.87. The first-order chi connectivity index (χ1) is 9.70. The Balaban J connectivity index is 1.95. The molecule has 1 N–H and O–H groups in total. The molecule has 0 fully saturated rings. The molecule has 0 spiro atoms. The van der Waals surface area contributed by atoms with Gasteiger partial charge < -0.3 is 10.1 Å². The minimum absolute atomic E-state index is 0.165. The SMILES string of the molecule is COC(=O)c1ccccc1NC(=O)CSC1=NCCS1. The maximum absolute atomic E-state index is 11.9. The van der Waals surface area contributed by atoms with Gasteiger partial charge in [-0.1, -0.05) is 35.7 Å². The number of anilines is 1. The number of carbonyl (C=O) groups excluding carboxylic acids is 2. The highest BCUT2D eigenvalue weighted by molar-refractivity contribution is 8.39. The van der Waals surface area contributed by atoms with Crippen molar-refractivity contribution in [2.75, 3.05) is 30.5 Å². The molecule has 2 rings (SSSR count). The van der Waals surface area contributed by atoms with Crippen molar-refractivity contribution in [3.63, 3.8) is 0 Å². The molecular formula is C13H14N2O3S2. The van der Waals surface area contributed by atoms with Crippen molar-refractivity contribution in [1.29, 1.82) is 0 Å². The Morgan fingerprint density at radius 1 is 1.45 bits per heavy atom. The third-order valence-electron chi connectivity index (χ3n) is 2.49. The Bertz CT molecular complexity index is 546. The standard InChI is InChI=1S/C13H14N2O3S2/c1-18-12(17)9-4-2-3-5-10(9)15-11(16)8-20-13-14-6-7-19-13/h2-5H,6-8H2,1H3,(H,15,16). The number of thioether (sulfide) groups is 2. The smallest absolute Gasteiger partial charge is 0.339 e. The summed E-state index contributed by atoms with van der Waals surface area (Å²) < 4.78 is 5.63. The van der Waals surface area contributed by atoms with Gasteiger partial charge in [0, 0.05) is 5.75 Å². The first-order valence-corrected chi connectivity index (χ1v) is 7.95. The van der Waals surface area contributed by atoms with Crippen molar-refractivity contribution in [3.8, 4) is 0 Å². The van der Waals surface area contributed by atoms with Crippen LogP contribution in [0.2, 0.25) is 0 Å². The molecule has 0 saturated carbocycles. The largest absolute Gasteiger partial charge is 0.465 e. The minimum Gasteiger partial charge on any atom is -0.465 e. The van der Waals surface area contributed by atoms with Crippen LogP contribution >= 0.6 is 23.5 Å².